The molecule has 2 aliphatic rings. The van der Waals surface area contributed by atoms with E-state index in [1.165, 1.54) is 23.3 Å². The molecule has 1 N–H and O–H groups in total. The van der Waals surface area contributed by atoms with Crippen molar-refractivity contribution in [1.29, 1.82) is 0 Å². The summed E-state index contributed by atoms with van der Waals surface area (Å²) in [7, 11) is 0. The first-order chi connectivity index (χ1) is 23.5. The van der Waals surface area contributed by atoms with Gasteiger partial charge in [-0.1, -0.05) is 103 Å². The molecule has 0 radical (unpaired) electrons. The number of nitro benzene ring substituents is 1. The van der Waals surface area contributed by atoms with E-state index in [4.69, 9.17) is 4.99 Å². The Kier molecular flexibility index (Phi) is 10.2. The zero-order valence-corrected chi connectivity index (χ0v) is 26.7. The van der Waals surface area contributed by atoms with Gasteiger partial charge in [0.1, 0.15) is 0 Å². The lowest BCUT2D eigenvalue weighted by atomic mass is 9.68. The van der Waals surface area contributed by atoms with Gasteiger partial charge in [-0.2, -0.15) is 0 Å². The van der Waals surface area contributed by atoms with Crippen LogP contribution in [0.4, 0.5) is 5.69 Å². The molecule has 9 heteroatoms. The molecule has 2 unspecified atom stereocenters. The van der Waals surface area contributed by atoms with Gasteiger partial charge in [0.25, 0.3) is 5.69 Å². The van der Waals surface area contributed by atoms with E-state index in [0.717, 1.165) is 56.4 Å². The van der Waals surface area contributed by atoms with E-state index in [9.17, 15) is 19.7 Å². The molecule has 244 valence electrons. The molecule has 4 aromatic carbocycles. The number of piperidine rings is 1. The van der Waals surface area contributed by atoms with E-state index < -0.39 is 16.9 Å². The van der Waals surface area contributed by atoms with Gasteiger partial charge in [-0.3, -0.25) is 24.7 Å². The summed E-state index contributed by atoms with van der Waals surface area (Å²) in [5, 5.41) is 14.2. The summed E-state index contributed by atoms with van der Waals surface area (Å²) >= 11 is 0. The maximum Gasteiger partial charge on any atom is 0.269 e. The smallest absolute Gasteiger partial charge is 0.269 e. The van der Waals surface area contributed by atoms with Gasteiger partial charge in [-0.05, 0) is 55.6 Å². The van der Waals surface area contributed by atoms with Crippen LogP contribution in [0.3, 0.4) is 0 Å². The lowest BCUT2D eigenvalue weighted by Gasteiger charge is -2.43. The van der Waals surface area contributed by atoms with E-state index in [1.807, 2.05) is 30.3 Å². The lowest BCUT2D eigenvalue weighted by molar-refractivity contribution is -0.384. The van der Waals surface area contributed by atoms with Crippen molar-refractivity contribution in [3.05, 3.63) is 153 Å². The van der Waals surface area contributed by atoms with Gasteiger partial charge in [0.2, 0.25) is 12.8 Å². The first kappa shape index (κ1) is 32.5. The van der Waals surface area contributed by atoms with Gasteiger partial charge in [0.15, 0.2) is 0 Å². The Labute approximate surface area is 280 Å². The van der Waals surface area contributed by atoms with Crippen LogP contribution in [0.15, 0.2) is 126 Å². The number of aliphatic imine (C=N–C) groups is 1. The number of rotatable bonds is 13. The van der Waals surface area contributed by atoms with Crippen LogP contribution in [-0.2, 0) is 15.0 Å². The molecule has 0 bridgehead atoms. The number of carbonyl (C=O) groups excluding carboxylic acids is 2. The standard InChI is InChI=1S/C39H39N5O4/c45-28-41-35-27-40-37(31-11-4-1-5-12-31)38(36(35)30-17-19-34(20-18-30)44(47)48)43(29-46)24-10-23-42-25-21-39(22-26-42,32-13-6-2-7-14-32)33-15-8-3-9-16-33/h1-9,11-20,27-29,35-36H,10,21-26H2,(H,41,45). The summed E-state index contributed by atoms with van der Waals surface area (Å²) < 4.78 is 0. The predicted octanol–water partition coefficient (Wildman–Crippen LogP) is 6.18. The molecule has 0 aliphatic carbocycles. The van der Waals surface area contributed by atoms with Gasteiger partial charge < -0.3 is 15.1 Å². The molecule has 2 amide bonds. The zero-order chi connectivity index (χ0) is 33.3. The maximum atomic E-state index is 12.9. The molecule has 0 aromatic heterocycles. The molecule has 2 aliphatic heterocycles. The number of hydrogen-bond donors (Lipinski definition) is 1. The van der Waals surface area contributed by atoms with Crippen LogP contribution in [0.1, 0.15) is 47.4 Å². The molecule has 0 spiro atoms. The number of nitro groups is 1. The normalized spacial score (nSPS) is 19.0. The summed E-state index contributed by atoms with van der Waals surface area (Å²) in [6.07, 6.45) is 5.86. The van der Waals surface area contributed by atoms with Crippen LogP contribution in [-0.4, -0.2) is 66.0 Å². The molecular formula is C39H39N5O4. The van der Waals surface area contributed by atoms with Crippen molar-refractivity contribution >= 4 is 30.4 Å². The number of likely N-dealkylation sites (tertiary alicyclic amines) is 1. The van der Waals surface area contributed by atoms with E-state index in [-0.39, 0.29) is 11.1 Å². The Bertz CT molecular complexity index is 1710. The number of non-ortho nitro benzene ring substituents is 1. The minimum atomic E-state index is -0.556. The molecule has 1 saturated heterocycles. The molecule has 9 nitrogen and oxygen atoms in total. The van der Waals surface area contributed by atoms with E-state index in [2.05, 4.69) is 70.9 Å². The van der Waals surface area contributed by atoms with Gasteiger partial charge in [-0.25, -0.2) is 0 Å². The Morgan fingerprint density at radius 1 is 0.854 bits per heavy atom. The van der Waals surface area contributed by atoms with Crippen LogP contribution < -0.4 is 5.32 Å². The van der Waals surface area contributed by atoms with Gasteiger partial charge in [0.05, 0.1) is 28.3 Å². The van der Waals surface area contributed by atoms with Gasteiger partial charge in [0, 0.05) is 35.9 Å². The molecule has 6 rings (SSSR count). The highest BCUT2D eigenvalue weighted by Gasteiger charge is 2.38. The molecule has 48 heavy (non-hydrogen) atoms. The van der Waals surface area contributed by atoms with Crippen molar-refractivity contribution in [3.63, 3.8) is 0 Å². The van der Waals surface area contributed by atoms with Crippen LogP contribution >= 0.6 is 0 Å². The van der Waals surface area contributed by atoms with Crippen molar-refractivity contribution in [3.8, 4) is 0 Å². The Morgan fingerprint density at radius 2 is 1.44 bits per heavy atom. The summed E-state index contributed by atoms with van der Waals surface area (Å²) in [4.78, 5) is 44.5. The van der Waals surface area contributed by atoms with Gasteiger partial charge in [-0.15, -0.1) is 0 Å². The summed E-state index contributed by atoms with van der Waals surface area (Å²) in [6, 6.07) is 36.9. The Hall–Kier alpha value is -5.41. The molecule has 1 fully saturated rings. The highest BCUT2D eigenvalue weighted by molar-refractivity contribution is 5.86. The summed E-state index contributed by atoms with van der Waals surface area (Å²) in [6.45, 7) is 3.13. The molecule has 2 atom stereocenters. The van der Waals surface area contributed by atoms with E-state index >= 15 is 0 Å². The van der Waals surface area contributed by atoms with Gasteiger partial charge >= 0.3 is 0 Å². The zero-order valence-electron chi connectivity index (χ0n) is 26.7. The van der Waals surface area contributed by atoms with Crippen molar-refractivity contribution in [2.75, 3.05) is 26.2 Å². The second-order valence-corrected chi connectivity index (χ2v) is 12.3. The predicted molar refractivity (Wildman–Crippen MR) is 187 cm³/mol. The number of nitrogens with one attached hydrogen (secondary N) is 1. The highest BCUT2D eigenvalue weighted by atomic mass is 16.6. The third kappa shape index (κ3) is 6.82. The monoisotopic (exact) mass is 641 g/mol. The van der Waals surface area contributed by atoms with Crippen molar-refractivity contribution < 1.29 is 14.5 Å². The third-order valence-corrected chi connectivity index (χ3v) is 9.70. The number of nitrogens with zero attached hydrogens (tertiary/aromatic N) is 4. The fourth-order valence-corrected chi connectivity index (χ4v) is 7.26. The quantitative estimate of drug-likeness (QED) is 0.107. The number of hydrogen-bond acceptors (Lipinski definition) is 6. The first-order valence-corrected chi connectivity index (χ1v) is 16.4. The number of benzene rings is 4. The maximum absolute atomic E-state index is 12.9. The molecule has 4 aromatic rings. The second kappa shape index (κ2) is 15.0. The highest BCUT2D eigenvalue weighted by Crippen LogP contribution is 2.42. The second-order valence-electron chi connectivity index (χ2n) is 12.3. The lowest BCUT2D eigenvalue weighted by Crippen LogP contribution is -2.45. The summed E-state index contributed by atoms with van der Waals surface area (Å²) in [5.41, 5.74) is 5.46. The third-order valence-electron chi connectivity index (χ3n) is 9.70. The van der Waals surface area contributed by atoms with E-state index in [1.54, 1.807) is 23.2 Å². The first-order valence-electron chi connectivity index (χ1n) is 16.4. The molecular weight excluding hydrogens is 602 g/mol. The van der Waals surface area contributed by atoms with E-state index in [0.29, 0.717) is 24.3 Å². The van der Waals surface area contributed by atoms with Crippen LogP contribution in [0.2, 0.25) is 0 Å². The Morgan fingerprint density at radius 3 is 1.98 bits per heavy atom. The largest absolute Gasteiger partial charge is 0.350 e. The summed E-state index contributed by atoms with van der Waals surface area (Å²) in [5.74, 6) is -0.499. The van der Waals surface area contributed by atoms with Crippen LogP contribution in [0, 0.1) is 10.1 Å². The van der Waals surface area contributed by atoms with Crippen LogP contribution in [0.25, 0.3) is 5.70 Å². The topological polar surface area (TPSA) is 108 Å². The molecule has 0 saturated carbocycles. The number of carbonyl (C=O) groups is 2. The van der Waals surface area contributed by atoms with Crippen molar-refractivity contribution in [2.24, 2.45) is 4.99 Å². The average Bonchev–Trinajstić information content (AvgIpc) is 3.15. The fraction of sp³-hybridized carbons (Fsp3) is 0.256. The average molecular weight is 642 g/mol. The fourth-order valence-electron chi connectivity index (χ4n) is 7.26. The minimum Gasteiger partial charge on any atom is -0.350 e. The number of amides is 2. The Balaban J connectivity index is 1.24. The minimum absolute atomic E-state index is 0.0331. The molecule has 2 heterocycles. The van der Waals surface area contributed by atoms with Crippen molar-refractivity contribution in [1.82, 2.24) is 15.1 Å². The SMILES string of the molecule is O=CNC1C=NC(c2ccccc2)=C(N(C=O)CCCN2CCC(c3ccccc3)(c3ccccc3)CC2)C1c1ccc([N+](=O)[O-])cc1. The van der Waals surface area contributed by atoms with Crippen LogP contribution in [0.5, 0.6) is 0 Å². The van der Waals surface area contributed by atoms with Crippen molar-refractivity contribution in [2.45, 2.75) is 36.6 Å².